The smallest absolute Gasteiger partial charge is 0.254 e. The average molecular weight is 674 g/mol. The van der Waals surface area contributed by atoms with Crippen molar-refractivity contribution in [2.45, 2.75) is 58.2 Å². The first-order valence-electron chi connectivity index (χ1n) is 15.9. The number of aliphatic hydroxyl groups is 1. The summed E-state index contributed by atoms with van der Waals surface area (Å²) < 4.78 is 27.8. The fraction of sp³-hybridized carbons (Fsp3) is 0.576. The summed E-state index contributed by atoms with van der Waals surface area (Å²) in [5.41, 5.74) is 4.52. The number of β-amino-alcohol motifs (C(OH)–C–C–N with tert-alkyl or cyclic N) is 1. The number of likely N-dealkylation sites (N-methyl/N-ethyl adjacent to an activating group) is 1. The minimum absolute atomic E-state index is 0.0360. The molecule has 1 fully saturated rings. The molecule has 1 aliphatic rings. The number of amides is 2. The van der Waals surface area contributed by atoms with Gasteiger partial charge in [0.05, 0.1) is 61.8 Å². The number of benzene rings is 1. The molecule has 0 saturated carbocycles. The van der Waals surface area contributed by atoms with Gasteiger partial charge in [0.25, 0.3) is 5.88 Å². The van der Waals surface area contributed by atoms with Gasteiger partial charge in [0.1, 0.15) is 24.3 Å². The lowest BCUT2D eigenvalue weighted by Gasteiger charge is -2.29. The number of aliphatic hydroxyl groups excluding tert-OH is 1. The van der Waals surface area contributed by atoms with E-state index in [-0.39, 0.29) is 43.2 Å². The van der Waals surface area contributed by atoms with Gasteiger partial charge in [-0.25, -0.2) is 4.98 Å². The maximum atomic E-state index is 14.0. The highest BCUT2D eigenvalue weighted by Crippen LogP contribution is 2.35. The minimum Gasteiger partial charge on any atom is -0.496 e. The van der Waals surface area contributed by atoms with Crippen molar-refractivity contribution in [3.8, 4) is 22.1 Å². The molecular weight excluding hydrogens is 626 g/mol. The zero-order valence-electron chi connectivity index (χ0n) is 28.0. The minimum atomic E-state index is -0.857. The molecule has 0 bridgehead atoms. The molecule has 258 valence electrons. The summed E-state index contributed by atoms with van der Waals surface area (Å²) in [6.07, 6.45) is -0.710. The fourth-order valence-corrected chi connectivity index (χ4v) is 6.39. The Morgan fingerprint density at radius 3 is 2.55 bits per heavy atom. The molecule has 0 spiro atoms. The number of carbonyl (C=O) groups is 2. The topological polar surface area (TPSA) is 158 Å². The van der Waals surface area contributed by atoms with Crippen molar-refractivity contribution in [1.82, 2.24) is 25.7 Å². The number of rotatable bonds is 18. The van der Waals surface area contributed by atoms with Gasteiger partial charge in [-0.1, -0.05) is 26.0 Å². The number of thiazole rings is 1. The molecule has 4 rings (SSSR count). The number of aromatic nitrogens is 2. The van der Waals surface area contributed by atoms with E-state index >= 15 is 0 Å². The van der Waals surface area contributed by atoms with E-state index in [0.717, 1.165) is 28.2 Å². The number of hydrogen-bond donors (Lipinski definition) is 3. The van der Waals surface area contributed by atoms with Crippen LogP contribution in [0.25, 0.3) is 10.4 Å². The van der Waals surface area contributed by atoms with Crippen LogP contribution in [0.2, 0.25) is 0 Å². The predicted octanol–water partition coefficient (Wildman–Crippen LogP) is 3.33. The second-order valence-electron chi connectivity index (χ2n) is 11.8. The van der Waals surface area contributed by atoms with E-state index in [9.17, 15) is 14.7 Å². The first kappa shape index (κ1) is 36.3. The van der Waals surface area contributed by atoms with Crippen LogP contribution < -0.4 is 20.1 Å². The van der Waals surface area contributed by atoms with Crippen molar-refractivity contribution in [3.63, 3.8) is 0 Å². The summed E-state index contributed by atoms with van der Waals surface area (Å²) in [5.74, 6) is -0.395. The predicted molar refractivity (Wildman–Crippen MR) is 177 cm³/mol. The van der Waals surface area contributed by atoms with Gasteiger partial charge in [-0.05, 0) is 43.6 Å². The Labute approximate surface area is 279 Å². The molecule has 13 nitrogen and oxygen atoms in total. The molecule has 1 saturated heterocycles. The SMILES string of the molecule is CNCCOCCOCCOc1cc(C(C(=O)N2C[C@H](O)C[C@H]2C(=O)NC(C)c2ccc(-c3scnc3C)cc2OC)C(C)C)on1. The number of ether oxygens (including phenoxy) is 4. The summed E-state index contributed by atoms with van der Waals surface area (Å²) >= 11 is 1.55. The number of nitrogens with one attached hydrogen (secondary N) is 2. The second kappa shape index (κ2) is 17.6. The molecule has 4 atom stereocenters. The lowest BCUT2D eigenvalue weighted by Crippen LogP contribution is -2.48. The molecule has 2 amide bonds. The van der Waals surface area contributed by atoms with Gasteiger partial charge in [-0.2, -0.15) is 0 Å². The Hall–Kier alpha value is -3.56. The van der Waals surface area contributed by atoms with E-state index in [1.807, 2.05) is 52.9 Å². The summed E-state index contributed by atoms with van der Waals surface area (Å²) in [7, 11) is 3.46. The number of aryl methyl sites for hydroxylation is 1. The number of nitrogens with zero attached hydrogens (tertiary/aromatic N) is 3. The van der Waals surface area contributed by atoms with Crippen LogP contribution in [0.15, 0.2) is 34.3 Å². The van der Waals surface area contributed by atoms with Crippen LogP contribution in [-0.4, -0.2) is 104 Å². The van der Waals surface area contributed by atoms with E-state index in [0.29, 0.717) is 37.9 Å². The number of hydrogen-bond acceptors (Lipinski definition) is 12. The van der Waals surface area contributed by atoms with Crippen LogP contribution in [0.1, 0.15) is 56.2 Å². The van der Waals surface area contributed by atoms with Crippen molar-refractivity contribution in [2.75, 3.05) is 60.3 Å². The van der Waals surface area contributed by atoms with Gasteiger partial charge in [0.15, 0.2) is 5.76 Å². The quantitative estimate of drug-likeness (QED) is 0.170. The third-order valence-electron chi connectivity index (χ3n) is 8.02. The van der Waals surface area contributed by atoms with Crippen molar-refractivity contribution in [3.05, 3.63) is 46.8 Å². The number of carbonyl (C=O) groups excluding carboxylic acids is 2. The summed E-state index contributed by atoms with van der Waals surface area (Å²) in [6, 6.07) is 6.16. The highest BCUT2D eigenvalue weighted by atomic mass is 32.1. The van der Waals surface area contributed by atoms with E-state index in [2.05, 4.69) is 20.8 Å². The highest BCUT2D eigenvalue weighted by molar-refractivity contribution is 7.13. The first-order chi connectivity index (χ1) is 22.6. The molecule has 1 aromatic carbocycles. The Bertz CT molecular complexity index is 1450. The number of likely N-dealkylation sites (tertiary alicyclic amines) is 1. The van der Waals surface area contributed by atoms with Crippen molar-refractivity contribution in [2.24, 2.45) is 5.92 Å². The normalized spacial score (nSPS) is 17.6. The maximum Gasteiger partial charge on any atom is 0.254 e. The van der Waals surface area contributed by atoms with Gasteiger partial charge in [0.2, 0.25) is 11.8 Å². The Morgan fingerprint density at radius 2 is 1.87 bits per heavy atom. The fourth-order valence-electron chi connectivity index (χ4n) is 5.58. The van der Waals surface area contributed by atoms with Gasteiger partial charge in [0, 0.05) is 31.1 Å². The molecule has 14 heteroatoms. The van der Waals surface area contributed by atoms with Crippen molar-refractivity contribution >= 4 is 23.2 Å². The largest absolute Gasteiger partial charge is 0.496 e. The lowest BCUT2D eigenvalue weighted by molar-refractivity contribution is -0.141. The van der Waals surface area contributed by atoms with Crippen molar-refractivity contribution < 1.29 is 38.2 Å². The van der Waals surface area contributed by atoms with Crippen LogP contribution in [0.4, 0.5) is 0 Å². The summed E-state index contributed by atoms with van der Waals surface area (Å²) in [6.45, 7) is 10.6. The van der Waals surface area contributed by atoms with Gasteiger partial charge in [-0.15, -0.1) is 11.3 Å². The molecule has 47 heavy (non-hydrogen) atoms. The standard InChI is InChI=1S/C33H47N5O8S/c1-20(2)30(28-17-29(37-46-28)45-14-13-44-12-11-43-10-9-34-5)33(41)38-18-24(39)16-26(38)32(40)36-21(3)25-8-7-23(15-27(25)42-6)31-22(4)35-19-47-31/h7-8,15,17,19-21,24,26,30,34,39H,9-14,16,18H2,1-6H3,(H,36,40)/t21?,24-,26+,30?/m1/s1. The Balaban J connectivity index is 1.37. The highest BCUT2D eigenvalue weighted by Gasteiger charge is 2.43. The monoisotopic (exact) mass is 673 g/mol. The lowest BCUT2D eigenvalue weighted by atomic mass is 9.91. The summed E-state index contributed by atoms with van der Waals surface area (Å²) in [5, 5.41) is 20.6. The van der Waals surface area contributed by atoms with Gasteiger partial charge >= 0.3 is 0 Å². The first-order valence-corrected chi connectivity index (χ1v) is 16.8. The van der Waals surface area contributed by atoms with Gasteiger partial charge < -0.3 is 44.1 Å². The molecule has 3 N–H and O–H groups in total. The third kappa shape index (κ3) is 9.51. The average Bonchev–Trinajstić information content (AvgIpc) is 3.79. The number of methoxy groups -OCH3 is 1. The molecule has 1 aliphatic heterocycles. The molecular formula is C33H47N5O8S. The zero-order chi connectivity index (χ0) is 33.9. The van der Waals surface area contributed by atoms with E-state index in [1.54, 1.807) is 30.0 Å². The van der Waals surface area contributed by atoms with E-state index in [1.165, 1.54) is 4.90 Å². The van der Waals surface area contributed by atoms with E-state index in [4.69, 9.17) is 23.5 Å². The Morgan fingerprint density at radius 1 is 1.13 bits per heavy atom. The zero-order valence-corrected chi connectivity index (χ0v) is 28.8. The van der Waals surface area contributed by atoms with Gasteiger partial charge in [-0.3, -0.25) is 9.59 Å². The van der Waals surface area contributed by atoms with Crippen LogP contribution >= 0.6 is 11.3 Å². The molecule has 3 aromatic rings. The molecule has 2 aromatic heterocycles. The Kier molecular flexibility index (Phi) is 13.5. The maximum absolute atomic E-state index is 14.0. The van der Waals surface area contributed by atoms with Crippen LogP contribution in [0, 0.1) is 12.8 Å². The summed E-state index contributed by atoms with van der Waals surface area (Å²) in [4.78, 5) is 34.4. The molecule has 0 aliphatic carbocycles. The molecule has 0 radical (unpaired) electrons. The van der Waals surface area contributed by atoms with Crippen LogP contribution in [0.5, 0.6) is 11.6 Å². The molecule has 2 unspecified atom stereocenters. The molecule has 3 heterocycles. The van der Waals surface area contributed by atoms with Crippen molar-refractivity contribution in [1.29, 1.82) is 0 Å². The van der Waals surface area contributed by atoms with Crippen LogP contribution in [-0.2, 0) is 19.1 Å². The van der Waals surface area contributed by atoms with Crippen LogP contribution in [0.3, 0.4) is 0 Å². The van der Waals surface area contributed by atoms with E-state index < -0.39 is 24.1 Å². The third-order valence-corrected chi connectivity index (χ3v) is 9.00. The second-order valence-corrected chi connectivity index (χ2v) is 12.7.